The fourth-order valence-electron chi connectivity index (χ4n) is 2.26. The van der Waals surface area contributed by atoms with E-state index >= 15 is 0 Å². The molecule has 1 saturated carbocycles. The van der Waals surface area contributed by atoms with Crippen LogP contribution in [0.15, 0.2) is 11.0 Å². The molecule has 5 nitrogen and oxygen atoms in total. The molecule has 0 saturated heterocycles. The van der Waals surface area contributed by atoms with E-state index in [2.05, 4.69) is 22.7 Å². The SMILES string of the molecule is CCCNCCNc1c(Cl)cnn(CC2CCC2)c1=O. The fourth-order valence-corrected chi connectivity index (χ4v) is 2.45. The molecule has 0 aromatic carbocycles. The number of halogens is 1. The van der Waals surface area contributed by atoms with Gasteiger partial charge in [0.25, 0.3) is 5.56 Å². The highest BCUT2D eigenvalue weighted by atomic mass is 35.5. The van der Waals surface area contributed by atoms with Gasteiger partial charge in [-0.2, -0.15) is 5.10 Å². The van der Waals surface area contributed by atoms with Crippen LogP contribution >= 0.6 is 11.6 Å². The number of hydrogen-bond acceptors (Lipinski definition) is 4. The van der Waals surface area contributed by atoms with Gasteiger partial charge in [-0.1, -0.05) is 24.9 Å². The van der Waals surface area contributed by atoms with Crippen LogP contribution in [-0.2, 0) is 6.54 Å². The molecule has 20 heavy (non-hydrogen) atoms. The molecule has 1 aliphatic carbocycles. The molecule has 0 amide bonds. The zero-order valence-corrected chi connectivity index (χ0v) is 12.7. The van der Waals surface area contributed by atoms with Gasteiger partial charge in [-0.05, 0) is 31.7 Å². The topological polar surface area (TPSA) is 59.0 Å². The summed E-state index contributed by atoms with van der Waals surface area (Å²) in [6, 6.07) is 0. The molecule has 1 aromatic rings. The summed E-state index contributed by atoms with van der Waals surface area (Å²) in [7, 11) is 0. The number of aromatic nitrogens is 2. The Bertz CT molecular complexity index is 485. The van der Waals surface area contributed by atoms with E-state index in [0.29, 0.717) is 29.7 Å². The van der Waals surface area contributed by atoms with Crippen LogP contribution < -0.4 is 16.2 Å². The Balaban J connectivity index is 1.95. The van der Waals surface area contributed by atoms with E-state index < -0.39 is 0 Å². The van der Waals surface area contributed by atoms with Gasteiger partial charge in [0.15, 0.2) is 0 Å². The Morgan fingerprint density at radius 2 is 2.20 bits per heavy atom. The molecule has 0 radical (unpaired) electrons. The van der Waals surface area contributed by atoms with Crippen LogP contribution in [-0.4, -0.2) is 29.4 Å². The second kappa shape index (κ2) is 7.64. The molecule has 6 heteroatoms. The first-order chi connectivity index (χ1) is 9.72. The quantitative estimate of drug-likeness (QED) is 0.722. The van der Waals surface area contributed by atoms with E-state index in [1.807, 2.05) is 0 Å². The Morgan fingerprint density at radius 1 is 1.40 bits per heavy atom. The molecular weight excluding hydrogens is 276 g/mol. The monoisotopic (exact) mass is 298 g/mol. The van der Waals surface area contributed by atoms with Gasteiger partial charge in [-0.25, -0.2) is 4.68 Å². The van der Waals surface area contributed by atoms with Gasteiger partial charge < -0.3 is 10.6 Å². The van der Waals surface area contributed by atoms with E-state index in [-0.39, 0.29) is 5.56 Å². The molecule has 1 fully saturated rings. The molecule has 1 aromatic heterocycles. The molecule has 0 spiro atoms. The van der Waals surface area contributed by atoms with E-state index in [4.69, 9.17) is 11.6 Å². The standard InChI is InChI=1S/C14H23ClN4O/c1-2-6-16-7-8-17-13-12(15)9-18-19(14(13)20)10-11-4-3-5-11/h9,11,16-17H,2-8,10H2,1H3. The third kappa shape index (κ3) is 3.96. The number of nitrogens with one attached hydrogen (secondary N) is 2. The van der Waals surface area contributed by atoms with Crippen molar-refractivity contribution >= 4 is 17.3 Å². The van der Waals surface area contributed by atoms with Crippen LogP contribution in [0.4, 0.5) is 5.69 Å². The average Bonchev–Trinajstić information content (AvgIpc) is 2.39. The zero-order chi connectivity index (χ0) is 14.4. The average molecular weight is 299 g/mol. The first kappa shape index (κ1) is 15.3. The zero-order valence-electron chi connectivity index (χ0n) is 12.0. The summed E-state index contributed by atoms with van der Waals surface area (Å²) in [5, 5.41) is 10.9. The second-order valence-corrected chi connectivity index (χ2v) is 5.74. The maximum absolute atomic E-state index is 12.3. The molecule has 2 rings (SSSR count). The molecule has 0 bridgehead atoms. The van der Waals surface area contributed by atoms with Gasteiger partial charge in [0, 0.05) is 19.6 Å². The number of rotatable bonds is 8. The van der Waals surface area contributed by atoms with Crippen LogP contribution in [0.3, 0.4) is 0 Å². The third-order valence-electron chi connectivity index (χ3n) is 3.68. The maximum atomic E-state index is 12.3. The predicted octanol–water partition coefficient (Wildman–Crippen LogP) is 2.11. The van der Waals surface area contributed by atoms with E-state index in [1.165, 1.54) is 23.9 Å². The summed E-state index contributed by atoms with van der Waals surface area (Å²) in [5.41, 5.74) is 0.360. The summed E-state index contributed by atoms with van der Waals surface area (Å²) in [6.45, 7) is 5.31. The Labute approximate surface area is 124 Å². The highest BCUT2D eigenvalue weighted by Crippen LogP contribution is 2.27. The van der Waals surface area contributed by atoms with Gasteiger partial charge >= 0.3 is 0 Å². The van der Waals surface area contributed by atoms with Gasteiger partial charge in [0.1, 0.15) is 5.69 Å². The second-order valence-electron chi connectivity index (χ2n) is 5.33. The first-order valence-electron chi connectivity index (χ1n) is 7.42. The van der Waals surface area contributed by atoms with Crippen LogP contribution in [0.2, 0.25) is 5.02 Å². The minimum absolute atomic E-state index is 0.111. The van der Waals surface area contributed by atoms with Crippen molar-refractivity contribution in [2.45, 2.75) is 39.2 Å². The van der Waals surface area contributed by atoms with E-state index in [0.717, 1.165) is 19.5 Å². The molecule has 1 heterocycles. The van der Waals surface area contributed by atoms with Crippen molar-refractivity contribution in [3.05, 3.63) is 21.6 Å². The minimum Gasteiger partial charge on any atom is -0.378 e. The summed E-state index contributed by atoms with van der Waals surface area (Å²) in [4.78, 5) is 12.3. The van der Waals surface area contributed by atoms with Crippen molar-refractivity contribution in [3.63, 3.8) is 0 Å². The van der Waals surface area contributed by atoms with Crippen LogP contribution in [0, 0.1) is 5.92 Å². The molecule has 1 aliphatic rings. The van der Waals surface area contributed by atoms with E-state index in [1.54, 1.807) is 6.20 Å². The van der Waals surface area contributed by atoms with Crippen molar-refractivity contribution in [1.29, 1.82) is 0 Å². The molecule has 2 N–H and O–H groups in total. The maximum Gasteiger partial charge on any atom is 0.291 e. The van der Waals surface area contributed by atoms with Gasteiger partial charge in [0.05, 0.1) is 11.2 Å². The van der Waals surface area contributed by atoms with Crippen molar-refractivity contribution in [2.24, 2.45) is 5.92 Å². The predicted molar refractivity (Wildman–Crippen MR) is 82.5 cm³/mol. The normalized spacial score (nSPS) is 15.1. The third-order valence-corrected chi connectivity index (χ3v) is 3.97. The summed E-state index contributed by atoms with van der Waals surface area (Å²) >= 11 is 6.07. The lowest BCUT2D eigenvalue weighted by Gasteiger charge is -2.25. The number of anilines is 1. The first-order valence-corrected chi connectivity index (χ1v) is 7.80. The molecule has 112 valence electrons. The summed E-state index contributed by atoms with van der Waals surface area (Å²) in [6.07, 6.45) is 6.32. The van der Waals surface area contributed by atoms with Gasteiger partial charge in [-0.15, -0.1) is 0 Å². The molecule has 0 unspecified atom stereocenters. The van der Waals surface area contributed by atoms with E-state index in [9.17, 15) is 4.79 Å². The molecule has 0 atom stereocenters. The van der Waals surface area contributed by atoms with Crippen molar-refractivity contribution in [3.8, 4) is 0 Å². The van der Waals surface area contributed by atoms with Gasteiger partial charge in [0.2, 0.25) is 0 Å². The summed E-state index contributed by atoms with van der Waals surface area (Å²) in [5.74, 6) is 0.598. The minimum atomic E-state index is -0.111. The molecule has 0 aliphatic heterocycles. The highest BCUT2D eigenvalue weighted by molar-refractivity contribution is 6.32. The Morgan fingerprint density at radius 3 is 2.85 bits per heavy atom. The Kier molecular flexibility index (Phi) is 5.86. The lowest BCUT2D eigenvalue weighted by atomic mass is 9.85. The van der Waals surface area contributed by atoms with Crippen LogP contribution in [0.5, 0.6) is 0 Å². The lowest BCUT2D eigenvalue weighted by Crippen LogP contribution is -2.32. The number of nitrogens with zero attached hydrogens (tertiary/aromatic N) is 2. The molecular formula is C14H23ClN4O. The van der Waals surface area contributed by atoms with Crippen molar-refractivity contribution in [2.75, 3.05) is 25.0 Å². The Hall–Kier alpha value is -1.07. The largest absolute Gasteiger partial charge is 0.378 e. The lowest BCUT2D eigenvalue weighted by molar-refractivity contribution is 0.262. The fraction of sp³-hybridized carbons (Fsp3) is 0.714. The van der Waals surface area contributed by atoms with Crippen LogP contribution in [0.1, 0.15) is 32.6 Å². The highest BCUT2D eigenvalue weighted by Gasteiger charge is 2.20. The van der Waals surface area contributed by atoms with Gasteiger partial charge in [-0.3, -0.25) is 4.79 Å². The van der Waals surface area contributed by atoms with Crippen molar-refractivity contribution in [1.82, 2.24) is 15.1 Å². The number of hydrogen-bond donors (Lipinski definition) is 2. The smallest absolute Gasteiger partial charge is 0.291 e. The summed E-state index contributed by atoms with van der Waals surface area (Å²) < 4.78 is 1.54. The van der Waals surface area contributed by atoms with Crippen LogP contribution in [0.25, 0.3) is 0 Å². The van der Waals surface area contributed by atoms with Crippen molar-refractivity contribution < 1.29 is 0 Å².